The molecule has 0 heterocycles. The lowest BCUT2D eigenvalue weighted by molar-refractivity contribution is 0.217. The van der Waals surface area contributed by atoms with Crippen LogP contribution in [0.5, 0.6) is 11.5 Å². The molecular formula is C21H27NO2. The standard InChI is InChI=1S/C21H27NO2/c1-3-8-18(9-4-1)17-22-19-10-7-13-21(16-19)24-15-14-23-20-11-5-2-6-12-20/h2,5-7,10-13,16,18,22H,1,3-4,8-9,14-15,17H2. The number of hydrogen-bond acceptors (Lipinski definition) is 3. The van der Waals surface area contributed by atoms with E-state index in [1.807, 2.05) is 42.5 Å². The predicted octanol–water partition coefficient (Wildman–Crippen LogP) is 5.14. The van der Waals surface area contributed by atoms with Gasteiger partial charge in [0.25, 0.3) is 0 Å². The van der Waals surface area contributed by atoms with E-state index in [4.69, 9.17) is 9.47 Å². The molecule has 0 saturated heterocycles. The van der Waals surface area contributed by atoms with Crippen LogP contribution in [0.3, 0.4) is 0 Å². The normalized spacial score (nSPS) is 15.0. The summed E-state index contributed by atoms with van der Waals surface area (Å²) in [4.78, 5) is 0. The molecule has 0 aliphatic heterocycles. The molecule has 24 heavy (non-hydrogen) atoms. The number of nitrogens with one attached hydrogen (secondary N) is 1. The van der Waals surface area contributed by atoms with Gasteiger partial charge in [0.05, 0.1) is 0 Å². The molecule has 1 aliphatic rings. The zero-order chi connectivity index (χ0) is 16.5. The first-order valence-corrected chi connectivity index (χ1v) is 9.05. The monoisotopic (exact) mass is 325 g/mol. The summed E-state index contributed by atoms with van der Waals surface area (Å²) in [5, 5.41) is 3.56. The predicted molar refractivity (Wildman–Crippen MR) is 98.9 cm³/mol. The highest BCUT2D eigenvalue weighted by Crippen LogP contribution is 2.25. The molecule has 3 rings (SSSR count). The van der Waals surface area contributed by atoms with Crippen LogP contribution in [0.4, 0.5) is 5.69 Å². The SMILES string of the molecule is c1ccc(OCCOc2cccc(NCC3CCCCC3)c2)cc1. The summed E-state index contributed by atoms with van der Waals surface area (Å²) in [7, 11) is 0. The highest BCUT2D eigenvalue weighted by atomic mass is 16.5. The lowest BCUT2D eigenvalue weighted by atomic mass is 9.89. The van der Waals surface area contributed by atoms with Gasteiger partial charge in [-0.1, -0.05) is 43.5 Å². The molecule has 3 nitrogen and oxygen atoms in total. The summed E-state index contributed by atoms with van der Waals surface area (Å²) < 4.78 is 11.4. The second-order valence-electron chi connectivity index (χ2n) is 6.42. The van der Waals surface area contributed by atoms with E-state index < -0.39 is 0 Å². The minimum Gasteiger partial charge on any atom is -0.490 e. The summed E-state index contributed by atoms with van der Waals surface area (Å²) in [5.74, 6) is 2.59. The highest BCUT2D eigenvalue weighted by Gasteiger charge is 2.12. The van der Waals surface area contributed by atoms with Crippen LogP contribution < -0.4 is 14.8 Å². The summed E-state index contributed by atoms with van der Waals surface area (Å²) in [6, 6.07) is 18.0. The van der Waals surface area contributed by atoms with Crippen molar-refractivity contribution < 1.29 is 9.47 Å². The number of ether oxygens (including phenoxy) is 2. The number of rotatable bonds is 8. The van der Waals surface area contributed by atoms with Crippen LogP contribution in [-0.4, -0.2) is 19.8 Å². The van der Waals surface area contributed by atoms with Gasteiger partial charge in [0.1, 0.15) is 24.7 Å². The molecule has 0 unspecified atom stereocenters. The zero-order valence-corrected chi connectivity index (χ0v) is 14.2. The third kappa shape index (κ3) is 5.48. The first kappa shape index (κ1) is 16.7. The van der Waals surface area contributed by atoms with Crippen LogP contribution in [0.15, 0.2) is 54.6 Å². The molecule has 0 spiro atoms. The molecule has 1 N–H and O–H groups in total. The Morgan fingerprint density at radius 1 is 0.792 bits per heavy atom. The Morgan fingerprint density at radius 3 is 2.29 bits per heavy atom. The number of hydrogen-bond donors (Lipinski definition) is 1. The van der Waals surface area contributed by atoms with Gasteiger partial charge in [-0.3, -0.25) is 0 Å². The van der Waals surface area contributed by atoms with E-state index in [9.17, 15) is 0 Å². The molecule has 0 radical (unpaired) electrons. The van der Waals surface area contributed by atoms with E-state index in [1.54, 1.807) is 0 Å². The smallest absolute Gasteiger partial charge is 0.122 e. The fourth-order valence-corrected chi connectivity index (χ4v) is 3.19. The molecule has 0 aromatic heterocycles. The van der Waals surface area contributed by atoms with Crippen LogP contribution in [0.2, 0.25) is 0 Å². The molecule has 2 aromatic carbocycles. The third-order valence-electron chi connectivity index (χ3n) is 4.52. The minimum atomic E-state index is 0.543. The van der Waals surface area contributed by atoms with Gasteiger partial charge >= 0.3 is 0 Å². The Hall–Kier alpha value is -2.16. The van der Waals surface area contributed by atoms with E-state index in [0.29, 0.717) is 13.2 Å². The Balaban J connectivity index is 1.39. The minimum absolute atomic E-state index is 0.543. The third-order valence-corrected chi connectivity index (χ3v) is 4.52. The fourth-order valence-electron chi connectivity index (χ4n) is 3.19. The maximum Gasteiger partial charge on any atom is 0.122 e. The van der Waals surface area contributed by atoms with Gasteiger partial charge < -0.3 is 14.8 Å². The summed E-state index contributed by atoms with van der Waals surface area (Å²) in [5.41, 5.74) is 1.14. The second-order valence-corrected chi connectivity index (χ2v) is 6.42. The van der Waals surface area contributed by atoms with Crippen molar-refractivity contribution in [3.63, 3.8) is 0 Å². The zero-order valence-electron chi connectivity index (χ0n) is 14.2. The van der Waals surface area contributed by atoms with Crippen molar-refractivity contribution >= 4 is 5.69 Å². The van der Waals surface area contributed by atoms with Gasteiger partial charge in [0, 0.05) is 18.3 Å². The van der Waals surface area contributed by atoms with Crippen LogP contribution in [0, 0.1) is 5.92 Å². The van der Waals surface area contributed by atoms with Crippen LogP contribution >= 0.6 is 0 Å². The van der Waals surface area contributed by atoms with E-state index in [0.717, 1.165) is 29.6 Å². The summed E-state index contributed by atoms with van der Waals surface area (Å²) >= 11 is 0. The van der Waals surface area contributed by atoms with Gasteiger partial charge in [-0.15, -0.1) is 0 Å². The van der Waals surface area contributed by atoms with Crippen molar-refractivity contribution in [3.05, 3.63) is 54.6 Å². The van der Waals surface area contributed by atoms with Gasteiger partial charge in [-0.2, -0.15) is 0 Å². The molecule has 1 saturated carbocycles. The molecular weight excluding hydrogens is 298 g/mol. The molecule has 0 bridgehead atoms. The Labute approximate surface area is 145 Å². The van der Waals surface area contributed by atoms with Gasteiger partial charge in [0.15, 0.2) is 0 Å². The Kier molecular flexibility index (Phi) is 6.41. The van der Waals surface area contributed by atoms with E-state index in [-0.39, 0.29) is 0 Å². The van der Waals surface area contributed by atoms with Crippen molar-refractivity contribution in [3.8, 4) is 11.5 Å². The molecule has 1 fully saturated rings. The number of benzene rings is 2. The van der Waals surface area contributed by atoms with Crippen LogP contribution in [0.25, 0.3) is 0 Å². The van der Waals surface area contributed by atoms with Crippen molar-refractivity contribution in [1.29, 1.82) is 0 Å². The summed E-state index contributed by atoms with van der Waals surface area (Å²) in [6.45, 7) is 2.16. The molecule has 0 amide bonds. The van der Waals surface area contributed by atoms with Gasteiger partial charge in [-0.25, -0.2) is 0 Å². The first-order chi connectivity index (χ1) is 11.9. The fraction of sp³-hybridized carbons (Fsp3) is 0.429. The lowest BCUT2D eigenvalue weighted by Gasteiger charge is -2.22. The van der Waals surface area contributed by atoms with Crippen LogP contribution in [0.1, 0.15) is 32.1 Å². The first-order valence-electron chi connectivity index (χ1n) is 9.05. The second kappa shape index (κ2) is 9.21. The highest BCUT2D eigenvalue weighted by molar-refractivity contribution is 5.48. The van der Waals surface area contributed by atoms with Crippen molar-refractivity contribution in [2.45, 2.75) is 32.1 Å². The molecule has 1 aliphatic carbocycles. The van der Waals surface area contributed by atoms with E-state index >= 15 is 0 Å². The average molecular weight is 325 g/mol. The van der Waals surface area contributed by atoms with Gasteiger partial charge in [0.2, 0.25) is 0 Å². The van der Waals surface area contributed by atoms with Crippen molar-refractivity contribution in [2.75, 3.05) is 25.1 Å². The summed E-state index contributed by atoms with van der Waals surface area (Å²) in [6.07, 6.45) is 6.90. The average Bonchev–Trinajstić information content (AvgIpc) is 2.66. The van der Waals surface area contributed by atoms with E-state index in [2.05, 4.69) is 17.4 Å². The van der Waals surface area contributed by atoms with Crippen molar-refractivity contribution in [2.24, 2.45) is 5.92 Å². The maximum absolute atomic E-state index is 5.80. The maximum atomic E-state index is 5.80. The van der Waals surface area contributed by atoms with Gasteiger partial charge in [-0.05, 0) is 43.0 Å². The Bertz CT molecular complexity index is 594. The lowest BCUT2D eigenvalue weighted by Crippen LogP contribution is -2.17. The molecule has 3 heteroatoms. The number of anilines is 1. The topological polar surface area (TPSA) is 30.5 Å². The Morgan fingerprint density at radius 2 is 1.50 bits per heavy atom. The molecule has 128 valence electrons. The quantitative estimate of drug-likeness (QED) is 0.682. The molecule has 2 aromatic rings. The van der Waals surface area contributed by atoms with Crippen LogP contribution in [-0.2, 0) is 0 Å². The van der Waals surface area contributed by atoms with E-state index in [1.165, 1.54) is 32.1 Å². The van der Waals surface area contributed by atoms with Crippen molar-refractivity contribution in [1.82, 2.24) is 0 Å². The number of para-hydroxylation sites is 1. The molecule has 0 atom stereocenters. The largest absolute Gasteiger partial charge is 0.490 e.